The molecule has 2 atom stereocenters. The molecule has 0 saturated heterocycles. The highest BCUT2D eigenvalue weighted by atomic mass is 16.3. The van der Waals surface area contributed by atoms with Crippen molar-refractivity contribution in [3.05, 3.63) is 17.6 Å². The number of aromatic nitrogens is 2. The van der Waals surface area contributed by atoms with Crippen LogP contribution in [0.5, 0.6) is 0 Å². The van der Waals surface area contributed by atoms with E-state index in [1.165, 1.54) is 12.8 Å². The summed E-state index contributed by atoms with van der Waals surface area (Å²) in [4.78, 5) is 8.73. The summed E-state index contributed by atoms with van der Waals surface area (Å²) in [7, 11) is 0. The third-order valence-electron chi connectivity index (χ3n) is 3.51. The number of aryl methyl sites for hydroxylation is 2. The molecule has 94 valence electrons. The van der Waals surface area contributed by atoms with Crippen LogP contribution in [0.4, 0.5) is 5.82 Å². The molecule has 4 nitrogen and oxygen atoms in total. The Hall–Kier alpha value is -1.16. The molecule has 2 rings (SSSR count). The highest BCUT2D eigenvalue weighted by Gasteiger charge is 2.21. The Morgan fingerprint density at radius 2 is 1.94 bits per heavy atom. The molecule has 1 heterocycles. The van der Waals surface area contributed by atoms with E-state index in [-0.39, 0.29) is 12.1 Å². The van der Waals surface area contributed by atoms with Crippen LogP contribution in [-0.4, -0.2) is 27.2 Å². The molecule has 1 aliphatic carbocycles. The van der Waals surface area contributed by atoms with Crippen LogP contribution in [0.3, 0.4) is 0 Å². The Bertz CT molecular complexity index is 381. The van der Waals surface area contributed by atoms with E-state index in [1.54, 1.807) is 6.20 Å². The first kappa shape index (κ1) is 12.3. The number of hydrogen-bond donors (Lipinski definition) is 2. The van der Waals surface area contributed by atoms with Crippen molar-refractivity contribution >= 4 is 5.82 Å². The van der Waals surface area contributed by atoms with E-state index in [0.717, 1.165) is 36.5 Å². The van der Waals surface area contributed by atoms with E-state index in [1.807, 2.05) is 13.8 Å². The van der Waals surface area contributed by atoms with Crippen molar-refractivity contribution in [2.75, 3.05) is 5.32 Å². The van der Waals surface area contributed by atoms with Crippen molar-refractivity contribution < 1.29 is 5.11 Å². The van der Waals surface area contributed by atoms with Crippen molar-refractivity contribution in [3.8, 4) is 0 Å². The Morgan fingerprint density at radius 1 is 1.18 bits per heavy atom. The summed E-state index contributed by atoms with van der Waals surface area (Å²) < 4.78 is 0. The van der Waals surface area contributed by atoms with Gasteiger partial charge < -0.3 is 10.4 Å². The van der Waals surface area contributed by atoms with E-state index in [9.17, 15) is 5.11 Å². The van der Waals surface area contributed by atoms with Gasteiger partial charge in [0, 0.05) is 0 Å². The summed E-state index contributed by atoms with van der Waals surface area (Å²) >= 11 is 0. The summed E-state index contributed by atoms with van der Waals surface area (Å²) in [6, 6.07) is 0.119. The Morgan fingerprint density at radius 3 is 2.71 bits per heavy atom. The fourth-order valence-corrected chi connectivity index (χ4v) is 2.26. The van der Waals surface area contributed by atoms with Gasteiger partial charge in [0.1, 0.15) is 5.82 Å². The van der Waals surface area contributed by atoms with Crippen LogP contribution in [-0.2, 0) is 0 Å². The maximum atomic E-state index is 10.0. The standard InChI is InChI=1S/C13H21N3O/c1-9-10(2)15-13(8-14-9)16-11-6-4-3-5-7-12(11)17/h8,11-12,17H,3-7H2,1-2H3,(H,15,16). The topological polar surface area (TPSA) is 58.0 Å². The van der Waals surface area contributed by atoms with Crippen LogP contribution in [0.25, 0.3) is 0 Å². The van der Waals surface area contributed by atoms with Crippen molar-refractivity contribution in [1.82, 2.24) is 9.97 Å². The van der Waals surface area contributed by atoms with Gasteiger partial charge >= 0.3 is 0 Å². The summed E-state index contributed by atoms with van der Waals surface area (Å²) in [6.45, 7) is 3.91. The van der Waals surface area contributed by atoms with E-state index in [4.69, 9.17) is 0 Å². The Kier molecular flexibility index (Phi) is 3.94. The molecule has 1 aromatic rings. The first-order valence-corrected chi connectivity index (χ1v) is 6.41. The van der Waals surface area contributed by atoms with Crippen LogP contribution in [0.1, 0.15) is 43.5 Å². The summed E-state index contributed by atoms with van der Waals surface area (Å²) in [5.74, 6) is 0.777. The number of nitrogens with one attached hydrogen (secondary N) is 1. The molecule has 0 radical (unpaired) electrons. The molecule has 1 aromatic heterocycles. The van der Waals surface area contributed by atoms with Crippen molar-refractivity contribution in [2.24, 2.45) is 0 Å². The van der Waals surface area contributed by atoms with Crippen LogP contribution in [0.15, 0.2) is 6.20 Å². The smallest absolute Gasteiger partial charge is 0.145 e. The lowest BCUT2D eigenvalue weighted by Crippen LogP contribution is -2.32. The SMILES string of the molecule is Cc1ncc(NC2CCCCCC2O)nc1C. The molecule has 1 saturated carbocycles. The molecule has 0 aliphatic heterocycles. The fraction of sp³-hybridized carbons (Fsp3) is 0.692. The van der Waals surface area contributed by atoms with Crippen molar-refractivity contribution in [3.63, 3.8) is 0 Å². The van der Waals surface area contributed by atoms with E-state index < -0.39 is 0 Å². The van der Waals surface area contributed by atoms with Gasteiger partial charge in [0.2, 0.25) is 0 Å². The molecule has 0 spiro atoms. The monoisotopic (exact) mass is 235 g/mol. The van der Waals surface area contributed by atoms with Gasteiger partial charge in [0.15, 0.2) is 0 Å². The van der Waals surface area contributed by atoms with E-state index in [0.29, 0.717) is 0 Å². The quantitative estimate of drug-likeness (QED) is 0.772. The maximum absolute atomic E-state index is 10.0. The number of aliphatic hydroxyl groups is 1. The zero-order valence-corrected chi connectivity index (χ0v) is 10.6. The maximum Gasteiger partial charge on any atom is 0.145 e. The van der Waals surface area contributed by atoms with E-state index >= 15 is 0 Å². The third kappa shape index (κ3) is 3.16. The molecule has 0 aromatic carbocycles. The average Bonchev–Trinajstić information content (AvgIpc) is 2.50. The average molecular weight is 235 g/mol. The summed E-state index contributed by atoms with van der Waals surface area (Å²) in [6.07, 6.45) is 6.89. The molecular weight excluding hydrogens is 214 g/mol. The molecule has 2 N–H and O–H groups in total. The van der Waals surface area contributed by atoms with Gasteiger partial charge in [0.05, 0.1) is 29.7 Å². The number of aliphatic hydroxyl groups excluding tert-OH is 1. The molecular formula is C13H21N3O. The number of anilines is 1. The molecule has 1 aliphatic rings. The first-order valence-electron chi connectivity index (χ1n) is 6.41. The van der Waals surface area contributed by atoms with Gasteiger partial charge in [-0.2, -0.15) is 0 Å². The minimum Gasteiger partial charge on any atom is -0.391 e. The van der Waals surface area contributed by atoms with Crippen LogP contribution in [0.2, 0.25) is 0 Å². The predicted octanol–water partition coefficient (Wildman–Crippen LogP) is 2.20. The normalized spacial score (nSPS) is 25.4. The number of nitrogens with zero attached hydrogens (tertiary/aromatic N) is 2. The minimum absolute atomic E-state index is 0.119. The highest BCUT2D eigenvalue weighted by molar-refractivity contribution is 5.35. The van der Waals surface area contributed by atoms with Gasteiger partial charge in [-0.15, -0.1) is 0 Å². The van der Waals surface area contributed by atoms with Gasteiger partial charge in [-0.25, -0.2) is 4.98 Å². The van der Waals surface area contributed by atoms with Crippen molar-refractivity contribution in [1.29, 1.82) is 0 Å². The third-order valence-corrected chi connectivity index (χ3v) is 3.51. The van der Waals surface area contributed by atoms with Crippen molar-refractivity contribution in [2.45, 2.75) is 58.1 Å². The van der Waals surface area contributed by atoms with Gasteiger partial charge in [-0.05, 0) is 26.7 Å². The fourth-order valence-electron chi connectivity index (χ4n) is 2.26. The zero-order valence-electron chi connectivity index (χ0n) is 10.6. The van der Waals surface area contributed by atoms with E-state index in [2.05, 4.69) is 15.3 Å². The molecule has 4 heteroatoms. The Balaban J connectivity index is 2.05. The molecule has 1 fully saturated rings. The highest BCUT2D eigenvalue weighted by Crippen LogP contribution is 2.21. The minimum atomic E-state index is -0.263. The zero-order chi connectivity index (χ0) is 12.3. The summed E-state index contributed by atoms with van der Waals surface area (Å²) in [5, 5.41) is 13.3. The molecule has 2 unspecified atom stereocenters. The lowest BCUT2D eigenvalue weighted by molar-refractivity contribution is 0.144. The van der Waals surface area contributed by atoms with Gasteiger partial charge in [-0.1, -0.05) is 19.3 Å². The Labute approximate surface area is 102 Å². The second-order valence-electron chi connectivity index (χ2n) is 4.88. The lowest BCUT2D eigenvalue weighted by Gasteiger charge is -2.22. The van der Waals surface area contributed by atoms with Gasteiger partial charge in [-0.3, -0.25) is 4.98 Å². The predicted molar refractivity (Wildman–Crippen MR) is 68.0 cm³/mol. The van der Waals surface area contributed by atoms with Crippen LogP contribution < -0.4 is 5.32 Å². The number of hydrogen-bond acceptors (Lipinski definition) is 4. The van der Waals surface area contributed by atoms with Crippen LogP contribution in [0, 0.1) is 13.8 Å². The van der Waals surface area contributed by atoms with Crippen LogP contribution >= 0.6 is 0 Å². The van der Waals surface area contributed by atoms with Gasteiger partial charge in [0.25, 0.3) is 0 Å². The second-order valence-corrected chi connectivity index (χ2v) is 4.88. The summed E-state index contributed by atoms with van der Waals surface area (Å²) in [5.41, 5.74) is 1.90. The molecule has 0 bridgehead atoms. The molecule has 17 heavy (non-hydrogen) atoms. The second kappa shape index (κ2) is 5.45. The lowest BCUT2D eigenvalue weighted by atomic mass is 10.1. The molecule has 0 amide bonds. The largest absolute Gasteiger partial charge is 0.391 e. The first-order chi connectivity index (χ1) is 8.16. The number of rotatable bonds is 2.